The standard InChI is InChI=1S/C11H5BrF2N2O2S2/c12-8-3-6(13)4-9(14)11(8)16-20(17,18)10-2-1-7(5-15)19-10/h1-4,16H. The molecule has 0 saturated heterocycles. The summed E-state index contributed by atoms with van der Waals surface area (Å²) in [6.07, 6.45) is 0. The van der Waals surface area contributed by atoms with Gasteiger partial charge in [-0.2, -0.15) is 5.26 Å². The van der Waals surface area contributed by atoms with Crippen LogP contribution in [0.15, 0.2) is 32.9 Å². The summed E-state index contributed by atoms with van der Waals surface area (Å²) in [5, 5.41) is 8.66. The highest BCUT2D eigenvalue weighted by atomic mass is 79.9. The Morgan fingerprint density at radius 2 is 2.00 bits per heavy atom. The fourth-order valence-electron chi connectivity index (χ4n) is 1.35. The Morgan fingerprint density at radius 1 is 1.30 bits per heavy atom. The smallest absolute Gasteiger partial charge is 0.271 e. The Kier molecular flexibility index (Phi) is 4.08. The predicted molar refractivity (Wildman–Crippen MR) is 73.9 cm³/mol. The number of sulfonamides is 1. The number of benzene rings is 1. The summed E-state index contributed by atoms with van der Waals surface area (Å²) >= 11 is 3.64. The van der Waals surface area contributed by atoms with Crippen LogP contribution in [0.3, 0.4) is 0 Å². The van der Waals surface area contributed by atoms with Gasteiger partial charge in [0.1, 0.15) is 21.0 Å². The Labute approximate surface area is 125 Å². The van der Waals surface area contributed by atoms with Gasteiger partial charge in [0.15, 0.2) is 5.82 Å². The van der Waals surface area contributed by atoms with Gasteiger partial charge in [0, 0.05) is 10.5 Å². The van der Waals surface area contributed by atoms with E-state index in [0.29, 0.717) is 6.07 Å². The number of nitrogens with one attached hydrogen (secondary N) is 1. The Bertz CT molecular complexity index is 789. The average Bonchev–Trinajstić information content (AvgIpc) is 2.83. The molecule has 0 aliphatic rings. The van der Waals surface area contributed by atoms with Gasteiger partial charge in [0.25, 0.3) is 10.0 Å². The van der Waals surface area contributed by atoms with Crippen LogP contribution >= 0.6 is 27.3 Å². The van der Waals surface area contributed by atoms with E-state index in [2.05, 4.69) is 15.9 Å². The largest absolute Gasteiger partial charge is 0.275 e. The third-order valence-electron chi connectivity index (χ3n) is 2.20. The molecule has 0 bridgehead atoms. The van der Waals surface area contributed by atoms with E-state index in [1.807, 2.05) is 4.72 Å². The zero-order chi connectivity index (χ0) is 14.9. The second-order valence-corrected chi connectivity index (χ2v) is 7.43. The van der Waals surface area contributed by atoms with E-state index in [1.54, 1.807) is 6.07 Å². The van der Waals surface area contributed by atoms with Gasteiger partial charge in [-0.15, -0.1) is 11.3 Å². The van der Waals surface area contributed by atoms with Crippen molar-refractivity contribution in [2.45, 2.75) is 4.21 Å². The Balaban J connectivity index is 2.41. The molecule has 0 unspecified atom stereocenters. The van der Waals surface area contributed by atoms with Crippen molar-refractivity contribution < 1.29 is 17.2 Å². The van der Waals surface area contributed by atoms with Crippen molar-refractivity contribution >= 4 is 43.0 Å². The van der Waals surface area contributed by atoms with Crippen molar-refractivity contribution in [2.24, 2.45) is 0 Å². The zero-order valence-electron chi connectivity index (χ0n) is 9.52. The predicted octanol–water partition coefficient (Wildman–Crippen LogP) is 3.46. The number of nitrogens with zero attached hydrogens (tertiary/aromatic N) is 1. The van der Waals surface area contributed by atoms with Crippen LogP contribution in [0.25, 0.3) is 0 Å². The third kappa shape index (κ3) is 2.98. The minimum Gasteiger partial charge on any atom is -0.275 e. The number of thiophene rings is 1. The number of rotatable bonds is 3. The molecule has 9 heteroatoms. The minimum atomic E-state index is -4.04. The van der Waals surface area contributed by atoms with Gasteiger partial charge in [-0.25, -0.2) is 17.2 Å². The van der Waals surface area contributed by atoms with Crippen LogP contribution in [-0.4, -0.2) is 8.42 Å². The molecule has 2 aromatic rings. The molecule has 0 saturated carbocycles. The Hall–Kier alpha value is -1.50. The van der Waals surface area contributed by atoms with Crippen molar-refractivity contribution in [3.8, 4) is 6.07 Å². The van der Waals surface area contributed by atoms with Crippen molar-refractivity contribution in [1.82, 2.24) is 0 Å². The first-order valence-electron chi connectivity index (χ1n) is 5.01. The molecule has 0 spiro atoms. The first kappa shape index (κ1) is 14.9. The maximum atomic E-state index is 13.6. The van der Waals surface area contributed by atoms with E-state index in [4.69, 9.17) is 5.26 Å². The van der Waals surface area contributed by atoms with Crippen LogP contribution < -0.4 is 4.72 Å². The molecule has 0 atom stereocenters. The fraction of sp³-hybridized carbons (Fsp3) is 0. The van der Waals surface area contributed by atoms with Crippen LogP contribution in [0.5, 0.6) is 0 Å². The highest BCUT2D eigenvalue weighted by Crippen LogP contribution is 2.30. The first-order valence-corrected chi connectivity index (χ1v) is 8.10. The average molecular weight is 379 g/mol. The van der Waals surface area contributed by atoms with Gasteiger partial charge in [-0.05, 0) is 34.1 Å². The van der Waals surface area contributed by atoms with Crippen molar-refractivity contribution in [3.05, 3.63) is 45.2 Å². The van der Waals surface area contributed by atoms with Crippen molar-refractivity contribution in [1.29, 1.82) is 5.26 Å². The summed E-state index contributed by atoms with van der Waals surface area (Å²) in [5.74, 6) is -1.88. The number of halogens is 3. The molecule has 1 aromatic carbocycles. The molecule has 104 valence electrons. The molecule has 0 fully saturated rings. The lowest BCUT2D eigenvalue weighted by Crippen LogP contribution is -2.13. The fourth-order valence-corrected chi connectivity index (χ4v) is 4.18. The van der Waals surface area contributed by atoms with E-state index in [9.17, 15) is 17.2 Å². The maximum Gasteiger partial charge on any atom is 0.271 e. The summed E-state index contributed by atoms with van der Waals surface area (Å²) < 4.78 is 52.4. The molecular formula is C11H5BrF2N2O2S2. The lowest BCUT2D eigenvalue weighted by Gasteiger charge is -2.09. The quantitative estimate of drug-likeness (QED) is 0.888. The van der Waals surface area contributed by atoms with E-state index < -0.39 is 27.3 Å². The molecule has 1 heterocycles. The van der Waals surface area contributed by atoms with Gasteiger partial charge in [0.05, 0.1) is 5.69 Å². The summed E-state index contributed by atoms with van der Waals surface area (Å²) in [6.45, 7) is 0. The SMILES string of the molecule is N#Cc1ccc(S(=O)(=O)Nc2c(F)cc(F)cc2Br)s1. The molecule has 0 aliphatic heterocycles. The van der Waals surface area contributed by atoms with E-state index in [0.717, 1.165) is 17.4 Å². The monoisotopic (exact) mass is 378 g/mol. The second-order valence-electron chi connectivity index (χ2n) is 3.58. The molecule has 0 aliphatic carbocycles. The topological polar surface area (TPSA) is 70.0 Å². The zero-order valence-corrected chi connectivity index (χ0v) is 12.7. The molecule has 1 aromatic heterocycles. The molecule has 4 nitrogen and oxygen atoms in total. The van der Waals surface area contributed by atoms with Gasteiger partial charge >= 0.3 is 0 Å². The second kappa shape index (κ2) is 5.47. The highest BCUT2D eigenvalue weighted by Gasteiger charge is 2.21. The first-order chi connectivity index (χ1) is 9.33. The molecular weight excluding hydrogens is 374 g/mol. The molecule has 0 radical (unpaired) electrons. The summed E-state index contributed by atoms with van der Waals surface area (Å²) in [5.41, 5.74) is -0.390. The van der Waals surface area contributed by atoms with Crippen LogP contribution in [-0.2, 0) is 10.0 Å². The highest BCUT2D eigenvalue weighted by molar-refractivity contribution is 9.10. The van der Waals surface area contributed by atoms with E-state index in [-0.39, 0.29) is 13.6 Å². The summed E-state index contributed by atoms with van der Waals surface area (Å²) in [7, 11) is -4.04. The van der Waals surface area contributed by atoms with Gasteiger partial charge in [-0.3, -0.25) is 4.72 Å². The van der Waals surface area contributed by atoms with Crippen molar-refractivity contribution in [2.75, 3.05) is 4.72 Å². The lowest BCUT2D eigenvalue weighted by molar-refractivity contribution is 0.582. The molecule has 20 heavy (non-hydrogen) atoms. The lowest BCUT2D eigenvalue weighted by atomic mass is 10.3. The normalized spacial score (nSPS) is 11.1. The van der Waals surface area contributed by atoms with Crippen LogP contribution in [0, 0.1) is 23.0 Å². The van der Waals surface area contributed by atoms with Gasteiger partial charge in [-0.1, -0.05) is 0 Å². The molecule has 2 rings (SSSR count). The maximum absolute atomic E-state index is 13.6. The third-order valence-corrected chi connectivity index (χ3v) is 5.66. The van der Waals surface area contributed by atoms with Crippen LogP contribution in [0.1, 0.15) is 4.88 Å². The summed E-state index contributed by atoms with van der Waals surface area (Å²) in [6, 6.07) is 5.89. The van der Waals surface area contributed by atoms with Gasteiger partial charge < -0.3 is 0 Å². The number of hydrogen-bond acceptors (Lipinski definition) is 4. The summed E-state index contributed by atoms with van der Waals surface area (Å²) in [4.78, 5) is 0.212. The van der Waals surface area contributed by atoms with E-state index >= 15 is 0 Å². The number of hydrogen-bond donors (Lipinski definition) is 1. The number of anilines is 1. The van der Waals surface area contributed by atoms with Crippen LogP contribution in [0.2, 0.25) is 0 Å². The van der Waals surface area contributed by atoms with Crippen LogP contribution in [0.4, 0.5) is 14.5 Å². The van der Waals surface area contributed by atoms with Gasteiger partial charge in [0.2, 0.25) is 0 Å². The van der Waals surface area contributed by atoms with Crippen molar-refractivity contribution in [3.63, 3.8) is 0 Å². The minimum absolute atomic E-state index is 0.0596. The Morgan fingerprint density at radius 3 is 2.55 bits per heavy atom. The molecule has 0 amide bonds. The van der Waals surface area contributed by atoms with E-state index in [1.165, 1.54) is 12.1 Å². The number of nitriles is 1. The molecule has 1 N–H and O–H groups in total.